The lowest BCUT2D eigenvalue weighted by Crippen LogP contribution is -2.09. The Morgan fingerprint density at radius 3 is 2.46 bits per heavy atom. The molecular formula is C19H26Cl2O5. The molecule has 0 spiro atoms. The third-order valence-electron chi connectivity index (χ3n) is 3.08. The molecule has 0 aliphatic carbocycles. The van der Waals surface area contributed by atoms with Gasteiger partial charge in [0.2, 0.25) is 0 Å². The summed E-state index contributed by atoms with van der Waals surface area (Å²) in [5.41, 5.74) is 0. The molecule has 0 saturated heterocycles. The molecule has 7 heteroatoms. The number of aliphatic carboxylic acids is 1. The van der Waals surface area contributed by atoms with Crippen molar-refractivity contribution in [2.24, 2.45) is 5.92 Å². The van der Waals surface area contributed by atoms with Crippen LogP contribution in [0.3, 0.4) is 0 Å². The quantitative estimate of drug-likeness (QED) is 0.321. The summed E-state index contributed by atoms with van der Waals surface area (Å²) in [5, 5.41) is 9.11. The first kappa shape index (κ1) is 24.3. The van der Waals surface area contributed by atoms with Crippen molar-refractivity contribution in [3.05, 3.63) is 40.9 Å². The molecular weight excluding hydrogens is 379 g/mol. The number of carboxylic acid groups (broad SMARTS) is 1. The fourth-order valence-corrected chi connectivity index (χ4v) is 2.26. The summed E-state index contributed by atoms with van der Waals surface area (Å²) in [6.45, 7) is 7.88. The van der Waals surface area contributed by atoms with E-state index in [1.807, 2.05) is 0 Å². The third kappa shape index (κ3) is 13.6. The molecule has 146 valence electrons. The maximum Gasteiger partial charge on any atom is 0.341 e. The average molecular weight is 405 g/mol. The number of hydrogen-bond acceptors (Lipinski definition) is 4. The van der Waals surface area contributed by atoms with Crippen LogP contribution >= 0.6 is 23.2 Å². The zero-order valence-electron chi connectivity index (χ0n) is 15.2. The third-order valence-corrected chi connectivity index (χ3v) is 3.61. The maximum absolute atomic E-state index is 10.6. The minimum absolute atomic E-state index is 0.300. The van der Waals surface area contributed by atoms with E-state index in [2.05, 4.69) is 20.4 Å². The average Bonchev–Trinajstić information content (AvgIpc) is 2.57. The number of carboxylic acids is 1. The molecule has 0 bridgehead atoms. The second-order valence-corrected chi connectivity index (χ2v) is 6.72. The van der Waals surface area contributed by atoms with Crippen molar-refractivity contribution >= 4 is 35.1 Å². The van der Waals surface area contributed by atoms with Gasteiger partial charge in [0, 0.05) is 11.1 Å². The molecule has 0 aliphatic rings. The van der Waals surface area contributed by atoms with Crippen LogP contribution in [-0.2, 0) is 14.3 Å². The van der Waals surface area contributed by atoms with Gasteiger partial charge >= 0.3 is 11.9 Å². The largest absolute Gasteiger partial charge is 0.480 e. The highest BCUT2D eigenvalue weighted by Crippen LogP contribution is 2.27. The maximum atomic E-state index is 10.6. The van der Waals surface area contributed by atoms with Crippen LogP contribution in [0.25, 0.3) is 0 Å². The van der Waals surface area contributed by atoms with Gasteiger partial charge in [-0.3, -0.25) is 0 Å². The Morgan fingerprint density at radius 1 is 1.23 bits per heavy atom. The van der Waals surface area contributed by atoms with Crippen molar-refractivity contribution in [1.82, 2.24) is 0 Å². The molecule has 0 unspecified atom stereocenters. The van der Waals surface area contributed by atoms with Gasteiger partial charge in [0.25, 0.3) is 0 Å². The molecule has 1 aromatic rings. The van der Waals surface area contributed by atoms with Gasteiger partial charge in [0.05, 0.1) is 11.6 Å². The van der Waals surface area contributed by atoms with E-state index in [4.69, 9.17) is 37.8 Å². The predicted octanol–water partition coefficient (Wildman–Crippen LogP) is 5.39. The van der Waals surface area contributed by atoms with E-state index in [9.17, 15) is 9.59 Å². The predicted molar refractivity (Wildman–Crippen MR) is 104 cm³/mol. The van der Waals surface area contributed by atoms with Crippen LogP contribution in [0.5, 0.6) is 5.75 Å². The van der Waals surface area contributed by atoms with E-state index >= 15 is 0 Å². The summed E-state index contributed by atoms with van der Waals surface area (Å²) in [4.78, 5) is 20.8. The van der Waals surface area contributed by atoms with Crippen molar-refractivity contribution in [3.63, 3.8) is 0 Å². The second kappa shape index (κ2) is 14.4. The fraction of sp³-hybridized carbons (Fsp3) is 0.474. The van der Waals surface area contributed by atoms with Crippen LogP contribution in [0.2, 0.25) is 10.0 Å². The first-order chi connectivity index (χ1) is 12.3. The van der Waals surface area contributed by atoms with E-state index in [0.717, 1.165) is 18.8 Å². The van der Waals surface area contributed by atoms with Crippen LogP contribution in [0.4, 0.5) is 0 Å². The van der Waals surface area contributed by atoms with Crippen molar-refractivity contribution in [1.29, 1.82) is 0 Å². The lowest BCUT2D eigenvalue weighted by molar-refractivity contribution is -0.139. The van der Waals surface area contributed by atoms with Gasteiger partial charge in [0.1, 0.15) is 5.75 Å². The van der Waals surface area contributed by atoms with E-state index < -0.39 is 12.6 Å². The zero-order valence-corrected chi connectivity index (χ0v) is 16.7. The molecule has 1 rings (SSSR count). The van der Waals surface area contributed by atoms with Crippen LogP contribution in [0.1, 0.15) is 39.5 Å². The van der Waals surface area contributed by atoms with Gasteiger partial charge in [-0.2, -0.15) is 0 Å². The highest BCUT2D eigenvalue weighted by Gasteiger charge is 2.04. The Labute approximate surface area is 164 Å². The number of halogens is 2. The zero-order chi connectivity index (χ0) is 19.9. The second-order valence-electron chi connectivity index (χ2n) is 5.87. The number of carbonyl (C=O) groups is 2. The SMILES string of the molecule is C=CC(=O)OCCCCCC(C)C.O=C(O)COc1ccc(Cl)cc1Cl. The molecule has 1 aromatic carbocycles. The normalized spacial score (nSPS) is 9.88. The summed E-state index contributed by atoms with van der Waals surface area (Å²) in [7, 11) is 0. The van der Waals surface area contributed by atoms with Crippen LogP contribution in [0.15, 0.2) is 30.9 Å². The minimum atomic E-state index is -1.05. The monoisotopic (exact) mass is 404 g/mol. The van der Waals surface area contributed by atoms with Gasteiger partial charge in [-0.25, -0.2) is 9.59 Å². The van der Waals surface area contributed by atoms with Gasteiger partial charge < -0.3 is 14.6 Å². The lowest BCUT2D eigenvalue weighted by atomic mass is 10.1. The molecule has 0 fully saturated rings. The standard InChI is InChI=1S/C11H20O2.C8H6Cl2O3/c1-4-11(12)13-9-7-5-6-8-10(2)3;9-5-1-2-7(6(10)3-5)13-4-8(11)12/h4,10H,1,5-9H2,2-3H3;1-3H,4H2,(H,11,12). The summed E-state index contributed by atoms with van der Waals surface area (Å²) in [6, 6.07) is 4.58. The number of ether oxygens (including phenoxy) is 2. The Hall–Kier alpha value is -1.72. The number of benzene rings is 1. The molecule has 0 radical (unpaired) electrons. The molecule has 0 amide bonds. The van der Waals surface area contributed by atoms with Crippen molar-refractivity contribution in [2.45, 2.75) is 39.5 Å². The molecule has 0 aliphatic heterocycles. The number of hydrogen-bond donors (Lipinski definition) is 1. The van der Waals surface area contributed by atoms with E-state index in [1.165, 1.54) is 31.1 Å². The first-order valence-electron chi connectivity index (χ1n) is 8.35. The molecule has 0 saturated carbocycles. The minimum Gasteiger partial charge on any atom is -0.480 e. The highest BCUT2D eigenvalue weighted by molar-refractivity contribution is 6.35. The number of rotatable bonds is 10. The lowest BCUT2D eigenvalue weighted by Gasteiger charge is -2.04. The van der Waals surface area contributed by atoms with Crippen molar-refractivity contribution in [2.75, 3.05) is 13.2 Å². The van der Waals surface area contributed by atoms with Crippen LogP contribution < -0.4 is 4.74 Å². The van der Waals surface area contributed by atoms with Crippen molar-refractivity contribution in [3.8, 4) is 5.75 Å². The summed E-state index contributed by atoms with van der Waals surface area (Å²) in [6.07, 6.45) is 5.79. The molecule has 26 heavy (non-hydrogen) atoms. The molecule has 5 nitrogen and oxygen atoms in total. The summed E-state index contributed by atoms with van der Waals surface area (Å²) >= 11 is 11.3. The molecule has 0 atom stereocenters. The molecule has 0 aromatic heterocycles. The number of unbranched alkanes of at least 4 members (excludes halogenated alkanes) is 2. The van der Waals surface area contributed by atoms with Gasteiger partial charge in [-0.05, 0) is 30.5 Å². The summed E-state index contributed by atoms with van der Waals surface area (Å²) < 4.78 is 9.70. The van der Waals surface area contributed by atoms with Crippen LogP contribution in [-0.4, -0.2) is 30.3 Å². The molecule has 0 heterocycles. The number of carbonyl (C=O) groups excluding carboxylic acids is 1. The summed E-state index contributed by atoms with van der Waals surface area (Å²) in [5.74, 6) is -0.279. The Bertz CT molecular complexity index is 573. The Morgan fingerprint density at radius 2 is 1.92 bits per heavy atom. The van der Waals surface area contributed by atoms with Crippen molar-refractivity contribution < 1.29 is 24.2 Å². The Balaban J connectivity index is 0.000000481. The highest BCUT2D eigenvalue weighted by atomic mass is 35.5. The van der Waals surface area contributed by atoms with E-state index in [1.54, 1.807) is 6.07 Å². The van der Waals surface area contributed by atoms with Gasteiger partial charge in [0.15, 0.2) is 6.61 Å². The topological polar surface area (TPSA) is 72.8 Å². The van der Waals surface area contributed by atoms with Gasteiger partial charge in [-0.1, -0.05) is 62.9 Å². The fourth-order valence-electron chi connectivity index (χ4n) is 1.79. The van der Waals surface area contributed by atoms with Crippen LogP contribution in [0, 0.1) is 5.92 Å². The first-order valence-corrected chi connectivity index (χ1v) is 9.10. The smallest absolute Gasteiger partial charge is 0.341 e. The van der Waals surface area contributed by atoms with E-state index in [-0.39, 0.29) is 5.97 Å². The Kier molecular flexibility index (Phi) is 13.5. The molecule has 1 N–H and O–H groups in total. The van der Waals surface area contributed by atoms with E-state index in [0.29, 0.717) is 22.4 Å². The van der Waals surface area contributed by atoms with Gasteiger partial charge in [-0.15, -0.1) is 0 Å². The number of esters is 1.